The first-order valence-corrected chi connectivity index (χ1v) is 10.9. The Morgan fingerprint density at radius 1 is 1.32 bits per heavy atom. The fraction of sp³-hybridized carbons (Fsp3) is 0.611. The molecule has 9 nitrogen and oxygen atoms in total. The average molecular weight is 413 g/mol. The highest BCUT2D eigenvalue weighted by molar-refractivity contribution is 7.89. The van der Waals surface area contributed by atoms with Gasteiger partial charge in [0.2, 0.25) is 10.0 Å². The first kappa shape index (κ1) is 22.1. The van der Waals surface area contributed by atoms with Crippen molar-refractivity contribution in [2.75, 3.05) is 37.7 Å². The summed E-state index contributed by atoms with van der Waals surface area (Å²) in [5.41, 5.74) is 0.0373. The number of ether oxygens (including phenoxy) is 1. The standard InChI is InChI=1S/C18H27N3O6S/c1-4-20(5-2)28(25,26)15-9-10-16(17(12-15)21(23)24)19-11-7-8-14(13-19)18(22)27-6-3/h9-10,12,14H,4-8,11,13H2,1-3H3/t14-/m1/s1. The molecule has 1 saturated heterocycles. The second-order valence-electron chi connectivity index (χ2n) is 6.53. The molecule has 2 rings (SSSR count). The second kappa shape index (κ2) is 9.33. The van der Waals surface area contributed by atoms with Gasteiger partial charge in [-0.05, 0) is 31.9 Å². The minimum Gasteiger partial charge on any atom is -0.466 e. The molecule has 0 N–H and O–H groups in total. The molecule has 1 aliphatic rings. The topological polar surface area (TPSA) is 110 Å². The van der Waals surface area contributed by atoms with Gasteiger partial charge in [-0.3, -0.25) is 14.9 Å². The Morgan fingerprint density at radius 2 is 2.00 bits per heavy atom. The number of carbonyl (C=O) groups excluding carboxylic acids is 1. The number of hydrogen-bond acceptors (Lipinski definition) is 7. The lowest BCUT2D eigenvalue weighted by molar-refractivity contribution is -0.384. The predicted octanol–water partition coefficient (Wildman–Crippen LogP) is 2.40. The van der Waals surface area contributed by atoms with E-state index in [1.807, 2.05) is 0 Å². The van der Waals surface area contributed by atoms with Gasteiger partial charge in [-0.25, -0.2) is 8.42 Å². The number of carbonyl (C=O) groups is 1. The lowest BCUT2D eigenvalue weighted by Crippen LogP contribution is -2.39. The van der Waals surface area contributed by atoms with E-state index in [1.54, 1.807) is 25.7 Å². The van der Waals surface area contributed by atoms with E-state index >= 15 is 0 Å². The van der Waals surface area contributed by atoms with Crippen molar-refractivity contribution in [2.45, 2.75) is 38.5 Å². The molecular weight excluding hydrogens is 386 g/mol. The van der Waals surface area contributed by atoms with Crippen LogP contribution in [-0.4, -0.2) is 56.4 Å². The SMILES string of the molecule is CCOC(=O)[C@@H]1CCCN(c2ccc(S(=O)(=O)N(CC)CC)cc2[N+](=O)[O-])C1. The number of nitro benzene ring substituents is 1. The summed E-state index contributed by atoms with van der Waals surface area (Å²) in [6.45, 7) is 6.87. The van der Waals surface area contributed by atoms with Gasteiger partial charge < -0.3 is 9.64 Å². The summed E-state index contributed by atoms with van der Waals surface area (Å²) in [6.07, 6.45) is 1.36. The van der Waals surface area contributed by atoms with Crippen LogP contribution in [0, 0.1) is 16.0 Å². The van der Waals surface area contributed by atoms with Crippen LogP contribution in [0.1, 0.15) is 33.6 Å². The minimum absolute atomic E-state index is 0.106. The molecule has 0 aromatic heterocycles. The van der Waals surface area contributed by atoms with E-state index in [-0.39, 0.29) is 42.2 Å². The molecule has 10 heteroatoms. The highest BCUT2D eigenvalue weighted by atomic mass is 32.2. The van der Waals surface area contributed by atoms with Crippen LogP contribution in [0.15, 0.2) is 23.1 Å². The zero-order valence-electron chi connectivity index (χ0n) is 16.5. The van der Waals surface area contributed by atoms with Gasteiger partial charge in [-0.2, -0.15) is 4.31 Å². The zero-order valence-corrected chi connectivity index (χ0v) is 17.3. The van der Waals surface area contributed by atoms with E-state index in [2.05, 4.69) is 0 Å². The van der Waals surface area contributed by atoms with Gasteiger partial charge in [0.1, 0.15) is 5.69 Å². The van der Waals surface area contributed by atoms with E-state index in [1.165, 1.54) is 16.4 Å². The van der Waals surface area contributed by atoms with Gasteiger partial charge in [0.15, 0.2) is 0 Å². The molecule has 0 aliphatic carbocycles. The Bertz CT molecular complexity index is 823. The smallest absolute Gasteiger partial charge is 0.310 e. The number of nitrogens with zero attached hydrogens (tertiary/aromatic N) is 3. The average Bonchev–Trinajstić information content (AvgIpc) is 2.68. The van der Waals surface area contributed by atoms with Crippen molar-refractivity contribution in [1.29, 1.82) is 0 Å². The minimum atomic E-state index is -3.80. The number of esters is 1. The van der Waals surface area contributed by atoms with Crippen molar-refractivity contribution in [3.8, 4) is 0 Å². The maximum atomic E-state index is 12.7. The van der Waals surface area contributed by atoms with Crippen molar-refractivity contribution in [2.24, 2.45) is 5.92 Å². The molecule has 0 saturated carbocycles. The molecular formula is C18H27N3O6S. The van der Waals surface area contributed by atoms with Gasteiger partial charge in [0.25, 0.3) is 5.69 Å². The van der Waals surface area contributed by atoms with Crippen molar-refractivity contribution in [3.63, 3.8) is 0 Å². The van der Waals surface area contributed by atoms with Gasteiger partial charge in [0.05, 0.1) is 22.3 Å². The van der Waals surface area contributed by atoms with E-state index < -0.39 is 14.9 Å². The number of nitro groups is 1. The van der Waals surface area contributed by atoms with Gasteiger partial charge in [-0.1, -0.05) is 13.8 Å². The van der Waals surface area contributed by atoms with Gasteiger partial charge >= 0.3 is 5.97 Å². The first-order valence-electron chi connectivity index (χ1n) is 9.46. The fourth-order valence-corrected chi connectivity index (χ4v) is 4.92. The molecule has 0 unspecified atom stereocenters. The maximum absolute atomic E-state index is 12.7. The Kier molecular flexibility index (Phi) is 7.36. The summed E-state index contributed by atoms with van der Waals surface area (Å²) >= 11 is 0. The molecule has 28 heavy (non-hydrogen) atoms. The molecule has 1 aliphatic heterocycles. The number of anilines is 1. The Balaban J connectivity index is 2.38. The zero-order chi connectivity index (χ0) is 20.9. The normalized spacial score (nSPS) is 17.6. The van der Waals surface area contributed by atoms with E-state index in [0.717, 1.165) is 6.07 Å². The third-order valence-corrected chi connectivity index (χ3v) is 6.91. The lowest BCUT2D eigenvalue weighted by atomic mass is 9.97. The van der Waals surface area contributed by atoms with Crippen molar-refractivity contribution in [3.05, 3.63) is 28.3 Å². The number of piperidine rings is 1. The van der Waals surface area contributed by atoms with Gasteiger partial charge in [0, 0.05) is 32.2 Å². The van der Waals surface area contributed by atoms with Gasteiger partial charge in [-0.15, -0.1) is 0 Å². The molecule has 0 radical (unpaired) electrons. The molecule has 1 aromatic rings. The fourth-order valence-electron chi connectivity index (χ4n) is 3.44. The molecule has 0 amide bonds. The van der Waals surface area contributed by atoms with Crippen LogP contribution in [0.3, 0.4) is 0 Å². The molecule has 0 spiro atoms. The van der Waals surface area contributed by atoms with E-state index in [9.17, 15) is 23.3 Å². The molecule has 156 valence electrons. The summed E-state index contributed by atoms with van der Waals surface area (Å²) in [5, 5.41) is 11.6. The highest BCUT2D eigenvalue weighted by Gasteiger charge is 2.32. The van der Waals surface area contributed by atoms with Crippen LogP contribution in [0.4, 0.5) is 11.4 Å². The summed E-state index contributed by atoms with van der Waals surface area (Å²) in [6, 6.07) is 3.96. The third kappa shape index (κ3) is 4.61. The van der Waals surface area contributed by atoms with Crippen LogP contribution in [0.25, 0.3) is 0 Å². The van der Waals surface area contributed by atoms with E-state index in [0.29, 0.717) is 31.6 Å². The Hall–Kier alpha value is -2.20. The van der Waals surface area contributed by atoms with Crippen molar-refractivity contribution in [1.82, 2.24) is 4.31 Å². The molecule has 1 atom stereocenters. The molecule has 1 fully saturated rings. The summed E-state index contributed by atoms with van der Waals surface area (Å²) < 4.78 is 31.7. The first-order chi connectivity index (χ1) is 13.3. The highest BCUT2D eigenvalue weighted by Crippen LogP contribution is 2.34. The van der Waals surface area contributed by atoms with Crippen LogP contribution in [0.5, 0.6) is 0 Å². The summed E-state index contributed by atoms with van der Waals surface area (Å²) in [5.74, 6) is -0.664. The number of sulfonamides is 1. The summed E-state index contributed by atoms with van der Waals surface area (Å²) in [4.78, 5) is 24.8. The molecule has 1 aromatic carbocycles. The van der Waals surface area contributed by atoms with Crippen LogP contribution in [0.2, 0.25) is 0 Å². The Morgan fingerprint density at radius 3 is 2.57 bits per heavy atom. The second-order valence-corrected chi connectivity index (χ2v) is 8.47. The third-order valence-electron chi connectivity index (χ3n) is 4.87. The van der Waals surface area contributed by atoms with Crippen LogP contribution in [-0.2, 0) is 19.6 Å². The molecule has 1 heterocycles. The lowest BCUT2D eigenvalue weighted by Gasteiger charge is -2.33. The predicted molar refractivity (Wildman–Crippen MR) is 105 cm³/mol. The number of rotatable bonds is 8. The Labute approximate surface area is 165 Å². The van der Waals surface area contributed by atoms with E-state index in [4.69, 9.17) is 4.74 Å². The summed E-state index contributed by atoms with van der Waals surface area (Å²) in [7, 11) is -3.80. The number of benzene rings is 1. The largest absolute Gasteiger partial charge is 0.466 e. The quantitative estimate of drug-likeness (QED) is 0.365. The van der Waals surface area contributed by atoms with Crippen LogP contribution < -0.4 is 4.90 Å². The van der Waals surface area contributed by atoms with Crippen LogP contribution >= 0.6 is 0 Å². The van der Waals surface area contributed by atoms with Crippen molar-refractivity contribution >= 4 is 27.4 Å². The monoisotopic (exact) mass is 413 g/mol. The van der Waals surface area contributed by atoms with Crippen molar-refractivity contribution < 1.29 is 22.9 Å². The molecule has 0 bridgehead atoms. The maximum Gasteiger partial charge on any atom is 0.310 e. The number of hydrogen-bond donors (Lipinski definition) is 0.